The minimum absolute atomic E-state index is 0.296. The molecule has 0 spiro atoms. The Hall–Kier alpha value is -2.30. The molecule has 2 rings (SSSR count). The molecule has 1 aromatic heterocycles. The maximum absolute atomic E-state index is 11.7. The van der Waals surface area contributed by atoms with Gasteiger partial charge in [-0.05, 0) is 24.1 Å². The van der Waals surface area contributed by atoms with Crippen LogP contribution in [0.2, 0.25) is 0 Å². The number of ether oxygens (including phenoxy) is 2. The van der Waals surface area contributed by atoms with E-state index in [1.54, 1.807) is 7.05 Å². The van der Waals surface area contributed by atoms with Crippen LogP contribution in [0.3, 0.4) is 0 Å². The van der Waals surface area contributed by atoms with E-state index in [1.807, 2.05) is 24.3 Å². The molecule has 0 N–H and O–H groups in total. The van der Waals surface area contributed by atoms with Gasteiger partial charge in [0.15, 0.2) is 11.4 Å². The van der Waals surface area contributed by atoms with Gasteiger partial charge in [-0.3, -0.25) is 4.68 Å². The Morgan fingerprint density at radius 1 is 1.42 bits per heavy atom. The molecular formula is C14H16N2O3. The van der Waals surface area contributed by atoms with Gasteiger partial charge in [0, 0.05) is 7.05 Å². The summed E-state index contributed by atoms with van der Waals surface area (Å²) >= 11 is 0. The van der Waals surface area contributed by atoms with Crippen LogP contribution in [0.1, 0.15) is 23.0 Å². The minimum Gasteiger partial charge on any atom is -0.464 e. The lowest BCUT2D eigenvalue weighted by atomic mass is 10.2. The first-order valence-corrected chi connectivity index (χ1v) is 6.02. The number of hydrogen-bond donors (Lipinski definition) is 0. The summed E-state index contributed by atoms with van der Waals surface area (Å²) in [6.45, 7) is 2.07. The summed E-state index contributed by atoms with van der Waals surface area (Å²) in [7, 11) is 3.00. The zero-order chi connectivity index (χ0) is 13.8. The topological polar surface area (TPSA) is 53.4 Å². The van der Waals surface area contributed by atoms with Crippen LogP contribution < -0.4 is 4.74 Å². The average molecular weight is 260 g/mol. The van der Waals surface area contributed by atoms with E-state index in [0.717, 1.165) is 6.42 Å². The summed E-state index contributed by atoms with van der Waals surface area (Å²) in [4.78, 5) is 11.7. The van der Waals surface area contributed by atoms with Gasteiger partial charge in [0.05, 0.1) is 13.3 Å². The summed E-state index contributed by atoms with van der Waals surface area (Å²) in [6, 6.07) is 7.72. The van der Waals surface area contributed by atoms with Gasteiger partial charge in [0.25, 0.3) is 0 Å². The zero-order valence-corrected chi connectivity index (χ0v) is 11.2. The number of esters is 1. The Morgan fingerprint density at radius 3 is 2.89 bits per heavy atom. The summed E-state index contributed by atoms with van der Waals surface area (Å²) in [5.41, 5.74) is 1.46. The number of aryl methyl sites for hydroxylation is 2. The molecule has 0 aliphatic carbocycles. The number of hydrogen-bond acceptors (Lipinski definition) is 4. The molecule has 0 aliphatic heterocycles. The highest BCUT2D eigenvalue weighted by Gasteiger charge is 2.19. The van der Waals surface area contributed by atoms with Crippen molar-refractivity contribution < 1.29 is 14.3 Å². The number of nitrogens with zero attached hydrogens (tertiary/aromatic N) is 2. The summed E-state index contributed by atoms with van der Waals surface area (Å²) in [5, 5.41) is 4.02. The number of benzene rings is 1. The molecule has 1 heterocycles. The predicted molar refractivity (Wildman–Crippen MR) is 70.4 cm³/mol. The molecule has 0 unspecified atom stereocenters. The Kier molecular flexibility index (Phi) is 3.85. The third kappa shape index (κ3) is 2.76. The lowest BCUT2D eigenvalue weighted by Gasteiger charge is -2.07. The first-order chi connectivity index (χ1) is 9.15. The third-order valence-electron chi connectivity index (χ3n) is 2.82. The van der Waals surface area contributed by atoms with Crippen molar-refractivity contribution in [2.75, 3.05) is 7.11 Å². The molecule has 0 saturated heterocycles. The van der Waals surface area contributed by atoms with E-state index in [1.165, 1.54) is 23.6 Å². The van der Waals surface area contributed by atoms with Crippen molar-refractivity contribution in [1.29, 1.82) is 0 Å². The fourth-order valence-electron chi connectivity index (χ4n) is 1.78. The molecule has 0 aliphatic rings. The molecule has 0 radical (unpaired) electrons. The van der Waals surface area contributed by atoms with E-state index in [-0.39, 0.29) is 0 Å². The lowest BCUT2D eigenvalue weighted by Crippen LogP contribution is -2.09. The largest absolute Gasteiger partial charge is 0.464 e. The normalized spacial score (nSPS) is 10.3. The first kappa shape index (κ1) is 13.1. The second kappa shape index (κ2) is 5.56. The summed E-state index contributed by atoms with van der Waals surface area (Å²) < 4.78 is 11.9. The fraction of sp³-hybridized carbons (Fsp3) is 0.286. The number of carbonyl (C=O) groups excluding carboxylic acids is 1. The smallest absolute Gasteiger partial charge is 0.360 e. The molecule has 1 aromatic carbocycles. The Bertz CT molecular complexity index is 590. The van der Waals surface area contributed by atoms with Crippen molar-refractivity contribution in [2.24, 2.45) is 7.05 Å². The number of aromatic nitrogens is 2. The van der Waals surface area contributed by atoms with Gasteiger partial charge < -0.3 is 9.47 Å². The molecule has 0 atom stereocenters. The lowest BCUT2D eigenvalue weighted by molar-refractivity contribution is 0.0585. The molecule has 100 valence electrons. The average Bonchev–Trinajstić information content (AvgIpc) is 2.79. The van der Waals surface area contributed by atoms with Crippen LogP contribution in [0.5, 0.6) is 11.5 Å². The second-order valence-electron chi connectivity index (χ2n) is 4.08. The maximum Gasteiger partial charge on any atom is 0.360 e. The Morgan fingerprint density at radius 2 is 2.21 bits per heavy atom. The second-order valence-corrected chi connectivity index (χ2v) is 4.08. The molecular weight excluding hydrogens is 244 g/mol. The van der Waals surface area contributed by atoms with Gasteiger partial charge in [-0.25, -0.2) is 4.79 Å². The number of methoxy groups -OCH3 is 1. The van der Waals surface area contributed by atoms with E-state index < -0.39 is 5.97 Å². The van der Waals surface area contributed by atoms with Crippen LogP contribution in [0.4, 0.5) is 0 Å². The summed E-state index contributed by atoms with van der Waals surface area (Å²) in [5.74, 6) is 0.599. The summed E-state index contributed by atoms with van der Waals surface area (Å²) in [6.07, 6.45) is 2.43. The molecule has 5 nitrogen and oxygen atoms in total. The van der Waals surface area contributed by atoms with Crippen LogP contribution in [0.25, 0.3) is 0 Å². The van der Waals surface area contributed by atoms with E-state index in [9.17, 15) is 4.79 Å². The molecule has 0 fully saturated rings. The van der Waals surface area contributed by atoms with Gasteiger partial charge in [-0.1, -0.05) is 19.1 Å². The highest BCUT2D eigenvalue weighted by molar-refractivity contribution is 5.90. The molecule has 0 bridgehead atoms. The molecule has 2 aromatic rings. The Balaban J connectivity index is 2.30. The minimum atomic E-state index is -0.471. The van der Waals surface area contributed by atoms with Crippen LogP contribution in [-0.4, -0.2) is 22.9 Å². The van der Waals surface area contributed by atoms with Crippen molar-refractivity contribution in [3.05, 3.63) is 41.7 Å². The van der Waals surface area contributed by atoms with E-state index in [0.29, 0.717) is 17.2 Å². The molecule has 0 saturated carbocycles. The number of rotatable bonds is 4. The number of carbonyl (C=O) groups is 1. The quantitative estimate of drug-likeness (QED) is 0.793. The van der Waals surface area contributed by atoms with Crippen molar-refractivity contribution >= 4 is 5.97 Å². The van der Waals surface area contributed by atoms with E-state index in [2.05, 4.69) is 12.0 Å². The van der Waals surface area contributed by atoms with Crippen molar-refractivity contribution in [1.82, 2.24) is 9.78 Å². The SMILES string of the molecule is CCc1cccc(Oc2cnn(C)c2C(=O)OC)c1. The molecule has 19 heavy (non-hydrogen) atoms. The molecule has 0 amide bonds. The van der Waals surface area contributed by atoms with E-state index >= 15 is 0 Å². The Labute approximate surface area is 111 Å². The van der Waals surface area contributed by atoms with Crippen LogP contribution in [0.15, 0.2) is 30.5 Å². The van der Waals surface area contributed by atoms with Crippen LogP contribution in [-0.2, 0) is 18.2 Å². The van der Waals surface area contributed by atoms with Crippen LogP contribution in [0, 0.1) is 0 Å². The van der Waals surface area contributed by atoms with Gasteiger partial charge in [0.1, 0.15) is 5.75 Å². The maximum atomic E-state index is 11.7. The van der Waals surface area contributed by atoms with Gasteiger partial charge >= 0.3 is 5.97 Å². The van der Waals surface area contributed by atoms with Crippen molar-refractivity contribution in [3.8, 4) is 11.5 Å². The van der Waals surface area contributed by atoms with Gasteiger partial charge in [-0.2, -0.15) is 5.10 Å². The van der Waals surface area contributed by atoms with Gasteiger partial charge in [-0.15, -0.1) is 0 Å². The first-order valence-electron chi connectivity index (χ1n) is 6.02. The zero-order valence-electron chi connectivity index (χ0n) is 11.2. The highest BCUT2D eigenvalue weighted by Crippen LogP contribution is 2.26. The monoisotopic (exact) mass is 260 g/mol. The highest BCUT2D eigenvalue weighted by atomic mass is 16.5. The predicted octanol–water partition coefficient (Wildman–Crippen LogP) is 2.56. The van der Waals surface area contributed by atoms with E-state index in [4.69, 9.17) is 9.47 Å². The fourth-order valence-corrected chi connectivity index (χ4v) is 1.78. The van der Waals surface area contributed by atoms with Gasteiger partial charge in [0.2, 0.25) is 0 Å². The molecule has 5 heteroatoms. The van der Waals surface area contributed by atoms with Crippen molar-refractivity contribution in [3.63, 3.8) is 0 Å². The van der Waals surface area contributed by atoms with Crippen molar-refractivity contribution in [2.45, 2.75) is 13.3 Å². The van der Waals surface area contributed by atoms with Crippen LogP contribution >= 0.6 is 0 Å². The standard InChI is InChI=1S/C14H16N2O3/c1-4-10-6-5-7-11(8-10)19-12-9-15-16(2)13(12)14(17)18-3/h5-9H,4H2,1-3H3. The third-order valence-corrected chi connectivity index (χ3v) is 2.82.